The van der Waals surface area contributed by atoms with Crippen molar-refractivity contribution in [2.45, 2.75) is 78.6 Å². The van der Waals surface area contributed by atoms with Crippen LogP contribution in [0.4, 0.5) is 8.78 Å². The van der Waals surface area contributed by atoms with E-state index in [1.807, 2.05) is 58.4 Å². The summed E-state index contributed by atoms with van der Waals surface area (Å²) in [6, 6.07) is 1.76. The van der Waals surface area contributed by atoms with Crippen LogP contribution in [0.3, 0.4) is 0 Å². The van der Waals surface area contributed by atoms with Crippen LogP contribution in [0.1, 0.15) is 82.0 Å². The van der Waals surface area contributed by atoms with Gasteiger partial charge in [0.2, 0.25) is 0 Å². The molecule has 0 spiro atoms. The van der Waals surface area contributed by atoms with E-state index in [0.29, 0.717) is 25.1 Å². The highest BCUT2D eigenvalue weighted by molar-refractivity contribution is 7.99. The molecule has 2 rings (SSSR count). The number of rotatable bonds is 10. The molecule has 1 aliphatic rings. The summed E-state index contributed by atoms with van der Waals surface area (Å²) in [5.74, 6) is 0.544. The van der Waals surface area contributed by atoms with Crippen molar-refractivity contribution in [2.75, 3.05) is 13.4 Å². The Hall–Kier alpha value is -1.63. The molecular formula is C29H45ClF2O2S2. The van der Waals surface area contributed by atoms with E-state index in [0.717, 1.165) is 37.0 Å². The van der Waals surface area contributed by atoms with Crippen LogP contribution in [-0.4, -0.2) is 23.9 Å². The molecule has 1 aromatic rings. The molecule has 0 N–H and O–H groups in total. The quantitative estimate of drug-likeness (QED) is 0.209. The highest BCUT2D eigenvalue weighted by atomic mass is 35.5. The monoisotopic (exact) mass is 562 g/mol. The topological polar surface area (TPSA) is 26.3 Å². The standard InChI is InChI=1S/C21H24ClFO2S2.C3H6.2C2H6.CH3F/c1-15(23)11-19(26-2)10-8-16-5-3-4-6-18(9-7-16)25-13-17-12-20(21(22)24)27-14-17;1-3-2;3*1-2/h4,6-7,9,12,14,19H,1,3,5,8,10-11,13H2,2H3;3H,1H2,2H3;2*1-2H3;1H3/b6-4?,16-7+,18-9+;;;;. The molecule has 0 fully saturated rings. The van der Waals surface area contributed by atoms with Crippen molar-refractivity contribution in [3.8, 4) is 0 Å². The van der Waals surface area contributed by atoms with Gasteiger partial charge in [0, 0.05) is 17.2 Å². The minimum atomic E-state index is -0.441. The minimum Gasteiger partial charge on any atom is -0.489 e. The highest BCUT2D eigenvalue weighted by Crippen LogP contribution is 2.26. The Morgan fingerprint density at radius 3 is 2.39 bits per heavy atom. The van der Waals surface area contributed by atoms with Gasteiger partial charge in [-0.15, -0.1) is 17.9 Å². The fourth-order valence-electron chi connectivity index (χ4n) is 2.73. The van der Waals surface area contributed by atoms with E-state index in [1.165, 1.54) is 16.9 Å². The summed E-state index contributed by atoms with van der Waals surface area (Å²) in [7, 11) is 0.500. The molecule has 1 atom stereocenters. The largest absolute Gasteiger partial charge is 0.489 e. The molecule has 0 aliphatic heterocycles. The van der Waals surface area contributed by atoms with Crippen LogP contribution in [0, 0.1) is 0 Å². The SMILES string of the molecule is C=C(F)CC(CC/C1=C/C=C(/OCc2csc(C(=O)Cl)c2)C=CCC1)SC.C=CC.CC.CC.CF. The van der Waals surface area contributed by atoms with E-state index in [2.05, 4.69) is 25.3 Å². The van der Waals surface area contributed by atoms with Gasteiger partial charge in [0.25, 0.3) is 5.24 Å². The first-order chi connectivity index (χ1) is 17.4. The summed E-state index contributed by atoms with van der Waals surface area (Å²) in [6.45, 7) is 17.0. The summed E-state index contributed by atoms with van der Waals surface area (Å²) in [6.07, 6.45) is 16.2. The predicted molar refractivity (Wildman–Crippen MR) is 161 cm³/mol. The zero-order chi connectivity index (χ0) is 28.4. The normalized spacial score (nSPS) is 15.3. The van der Waals surface area contributed by atoms with Crippen LogP contribution in [0.15, 0.2) is 72.1 Å². The molecule has 1 aliphatic carbocycles. The third-order valence-corrected chi connectivity index (χ3v) is 6.58. The molecule has 0 bridgehead atoms. The van der Waals surface area contributed by atoms with E-state index in [1.54, 1.807) is 23.9 Å². The maximum absolute atomic E-state index is 13.1. The number of alkyl halides is 1. The van der Waals surface area contributed by atoms with Crippen molar-refractivity contribution in [1.82, 2.24) is 0 Å². The molecule has 1 aromatic heterocycles. The zero-order valence-electron chi connectivity index (χ0n) is 23.0. The zero-order valence-corrected chi connectivity index (χ0v) is 25.4. The Bertz CT molecular complexity index is 799. The van der Waals surface area contributed by atoms with Crippen molar-refractivity contribution in [2.24, 2.45) is 0 Å². The predicted octanol–water partition coefficient (Wildman–Crippen LogP) is 11.0. The first-order valence-corrected chi connectivity index (χ1v) is 14.7. The molecule has 0 aromatic carbocycles. The van der Waals surface area contributed by atoms with Gasteiger partial charge in [-0.2, -0.15) is 11.8 Å². The molecule has 36 heavy (non-hydrogen) atoms. The molecule has 0 amide bonds. The Morgan fingerprint density at radius 1 is 1.28 bits per heavy atom. The number of carbonyl (C=O) groups is 1. The molecular weight excluding hydrogens is 518 g/mol. The molecule has 7 heteroatoms. The molecule has 1 heterocycles. The first kappa shape index (κ1) is 38.9. The molecule has 2 nitrogen and oxygen atoms in total. The van der Waals surface area contributed by atoms with Crippen molar-refractivity contribution < 1.29 is 18.3 Å². The van der Waals surface area contributed by atoms with Gasteiger partial charge >= 0.3 is 0 Å². The van der Waals surface area contributed by atoms with Gasteiger partial charge < -0.3 is 4.74 Å². The number of allylic oxidation sites excluding steroid dienone is 7. The van der Waals surface area contributed by atoms with E-state index in [4.69, 9.17) is 16.3 Å². The third-order valence-electron chi connectivity index (χ3n) is 4.22. The third kappa shape index (κ3) is 20.6. The van der Waals surface area contributed by atoms with E-state index in [-0.39, 0.29) is 11.1 Å². The number of hydrogen-bond donors (Lipinski definition) is 0. The number of halogens is 3. The molecule has 1 unspecified atom stereocenters. The van der Waals surface area contributed by atoms with E-state index >= 15 is 0 Å². The number of hydrogen-bond acceptors (Lipinski definition) is 4. The summed E-state index contributed by atoms with van der Waals surface area (Å²) in [5.41, 5.74) is 2.27. The molecule has 0 saturated heterocycles. The lowest BCUT2D eigenvalue weighted by Gasteiger charge is -2.15. The van der Waals surface area contributed by atoms with Gasteiger partial charge in [0.1, 0.15) is 12.4 Å². The van der Waals surface area contributed by atoms with Crippen LogP contribution in [0.25, 0.3) is 0 Å². The summed E-state index contributed by atoms with van der Waals surface area (Å²) in [5, 5.41) is 1.70. The second kappa shape index (κ2) is 27.9. The van der Waals surface area contributed by atoms with Crippen LogP contribution in [0.2, 0.25) is 0 Å². The van der Waals surface area contributed by atoms with Gasteiger partial charge in [0.15, 0.2) is 0 Å². The van der Waals surface area contributed by atoms with E-state index < -0.39 is 5.24 Å². The lowest BCUT2D eigenvalue weighted by molar-refractivity contribution is 0.108. The summed E-state index contributed by atoms with van der Waals surface area (Å²) >= 11 is 8.50. The second-order valence-corrected chi connectivity index (χ2v) is 9.14. The van der Waals surface area contributed by atoms with Crippen molar-refractivity contribution in [1.29, 1.82) is 0 Å². The van der Waals surface area contributed by atoms with Crippen LogP contribution in [-0.2, 0) is 11.3 Å². The van der Waals surface area contributed by atoms with Gasteiger partial charge in [-0.1, -0.05) is 58.1 Å². The maximum Gasteiger partial charge on any atom is 0.262 e. The first-order valence-electron chi connectivity index (χ1n) is 12.2. The molecule has 206 valence electrons. The fraction of sp³-hybridized carbons (Fsp3) is 0.483. The smallest absolute Gasteiger partial charge is 0.262 e. The Labute approximate surface area is 232 Å². The number of thiophene rings is 1. The molecule has 0 saturated carbocycles. The van der Waals surface area contributed by atoms with Gasteiger partial charge in [-0.25, -0.2) is 4.39 Å². The Balaban J connectivity index is -0.00000108. The van der Waals surface area contributed by atoms with Gasteiger partial charge in [-0.05, 0) is 74.1 Å². The Kier molecular flexibility index (Phi) is 30.2. The number of thioether (sulfide) groups is 1. The number of ether oxygens (including phenoxy) is 1. The summed E-state index contributed by atoms with van der Waals surface area (Å²) in [4.78, 5) is 11.7. The van der Waals surface area contributed by atoms with Crippen LogP contribution in [0.5, 0.6) is 0 Å². The average Bonchev–Trinajstić information content (AvgIpc) is 3.36. The van der Waals surface area contributed by atoms with Crippen molar-refractivity contribution >= 4 is 39.9 Å². The van der Waals surface area contributed by atoms with Crippen molar-refractivity contribution in [3.05, 3.63) is 82.6 Å². The van der Waals surface area contributed by atoms with Crippen molar-refractivity contribution in [3.63, 3.8) is 0 Å². The minimum absolute atomic E-state index is 0.244. The maximum atomic E-state index is 13.1. The molecule has 0 radical (unpaired) electrons. The fourth-order valence-corrected chi connectivity index (χ4v) is 4.35. The van der Waals surface area contributed by atoms with E-state index in [9.17, 15) is 13.6 Å². The summed E-state index contributed by atoms with van der Waals surface area (Å²) < 4.78 is 28.4. The second-order valence-electron chi connectivity index (χ2n) is 6.74. The van der Waals surface area contributed by atoms with Crippen LogP contribution >= 0.6 is 34.7 Å². The van der Waals surface area contributed by atoms with Gasteiger partial charge in [0.05, 0.1) is 17.9 Å². The van der Waals surface area contributed by atoms with Crippen LogP contribution < -0.4 is 0 Å². The highest BCUT2D eigenvalue weighted by Gasteiger charge is 2.11. The Morgan fingerprint density at radius 2 is 1.89 bits per heavy atom. The average molecular weight is 563 g/mol. The lowest BCUT2D eigenvalue weighted by atomic mass is 10.0. The number of carbonyl (C=O) groups excluding carboxylic acids is 1. The lowest BCUT2D eigenvalue weighted by Crippen LogP contribution is -2.03. The van der Waals surface area contributed by atoms with Gasteiger partial charge in [-0.3, -0.25) is 9.18 Å².